The van der Waals surface area contributed by atoms with Gasteiger partial charge >= 0.3 is 0 Å². The maximum Gasteiger partial charge on any atom is 0.294 e. The highest BCUT2D eigenvalue weighted by atomic mass is 19.1. The summed E-state index contributed by atoms with van der Waals surface area (Å²) in [4.78, 5) is 81.2. The lowest BCUT2D eigenvalue weighted by Gasteiger charge is -2.49. The number of halogens is 2. The molecule has 2 aromatic heterocycles. The lowest BCUT2D eigenvalue weighted by Crippen LogP contribution is -2.71. The van der Waals surface area contributed by atoms with Crippen LogP contribution in [0.4, 0.5) is 8.78 Å². The first-order chi connectivity index (χ1) is 16.4. The van der Waals surface area contributed by atoms with Crippen molar-refractivity contribution in [1.82, 2.24) is 29.5 Å². The third-order valence-electron chi connectivity index (χ3n) is 5.23. The van der Waals surface area contributed by atoms with Crippen molar-refractivity contribution in [2.75, 3.05) is 0 Å². The molecule has 34 heavy (non-hydrogen) atoms. The number of hydrogen-bond acceptors (Lipinski definition) is 11. The third-order valence-corrected chi connectivity index (χ3v) is 5.23. The number of carbonyl (C=O) groups is 6. The first-order valence-electron chi connectivity index (χ1n) is 8.99. The van der Waals surface area contributed by atoms with Gasteiger partial charge in [-0.25, -0.2) is 28.1 Å². The minimum atomic E-state index is -3.40. The second-order valence-electron chi connectivity index (χ2n) is 6.67. The van der Waals surface area contributed by atoms with Crippen LogP contribution in [0.3, 0.4) is 0 Å². The average molecular weight is 474 g/mol. The molecule has 0 spiro atoms. The van der Waals surface area contributed by atoms with E-state index in [0.717, 1.165) is 25.3 Å². The zero-order chi connectivity index (χ0) is 25.0. The van der Waals surface area contributed by atoms with Gasteiger partial charge in [-0.3, -0.25) is 28.8 Å². The molecule has 174 valence electrons. The zero-order valence-electron chi connectivity index (χ0n) is 16.7. The number of aromatic nitrogens is 6. The SMILES string of the molecule is O=COC(c1c(F)cc(F)cc1C=O)(C(C=O)(C=O)n1cncn1)C(C=O)(C=O)n1cncn1. The Hall–Kier alpha value is -4.82. The van der Waals surface area contributed by atoms with Crippen LogP contribution in [0.25, 0.3) is 0 Å². The smallest absolute Gasteiger partial charge is 0.294 e. The van der Waals surface area contributed by atoms with Gasteiger partial charge in [0.1, 0.15) is 36.9 Å². The normalized spacial score (nSPS) is 11.9. The Morgan fingerprint density at radius 2 is 1.29 bits per heavy atom. The van der Waals surface area contributed by atoms with Gasteiger partial charge in [0.2, 0.25) is 16.7 Å². The molecular formula is C19H12F2N6O7. The van der Waals surface area contributed by atoms with Crippen molar-refractivity contribution in [3.8, 4) is 0 Å². The minimum absolute atomic E-state index is 0.103. The summed E-state index contributed by atoms with van der Waals surface area (Å²) in [5.74, 6) is -2.94. The number of rotatable bonds is 12. The summed E-state index contributed by atoms with van der Waals surface area (Å²) in [7, 11) is 0. The molecule has 2 heterocycles. The van der Waals surface area contributed by atoms with E-state index in [4.69, 9.17) is 4.74 Å². The first-order valence-corrected chi connectivity index (χ1v) is 8.99. The van der Waals surface area contributed by atoms with Gasteiger partial charge in [0.25, 0.3) is 6.47 Å². The van der Waals surface area contributed by atoms with E-state index in [9.17, 15) is 33.2 Å². The van der Waals surface area contributed by atoms with E-state index < -0.39 is 45.9 Å². The number of nitrogens with zero attached hydrogens (tertiary/aromatic N) is 6. The molecule has 0 amide bonds. The van der Waals surface area contributed by atoms with Gasteiger partial charge in [-0.2, -0.15) is 10.2 Å². The Balaban J connectivity index is 2.74. The molecule has 0 aliphatic carbocycles. The molecule has 3 aromatic rings. The maximum atomic E-state index is 15.5. The molecule has 1 aromatic carbocycles. The standard InChI is InChI=1S/C19H12F2N6O7/c20-14-1-13(3-28)16(15(21)2-14)19(34-12-33,17(4-29,5-30)26-10-22-8-24-26)18(6-31,7-32)27-11-23-9-25-27/h1-12H. The van der Waals surface area contributed by atoms with E-state index in [1.54, 1.807) is 0 Å². The predicted octanol–water partition coefficient (Wildman–Crippen LogP) is -1.08. The molecular weight excluding hydrogens is 462 g/mol. The van der Waals surface area contributed by atoms with Gasteiger partial charge in [-0.15, -0.1) is 0 Å². The molecule has 0 saturated carbocycles. The Labute approximate surface area is 187 Å². The molecule has 0 aliphatic rings. The van der Waals surface area contributed by atoms with Gasteiger partial charge < -0.3 is 4.74 Å². The monoisotopic (exact) mass is 474 g/mol. The number of ether oxygens (including phenoxy) is 1. The van der Waals surface area contributed by atoms with Crippen LogP contribution in [0.1, 0.15) is 15.9 Å². The van der Waals surface area contributed by atoms with Crippen molar-refractivity contribution >= 4 is 37.9 Å². The summed E-state index contributed by atoms with van der Waals surface area (Å²) in [5.41, 5.74) is -11.7. The number of hydrogen-bond donors (Lipinski definition) is 0. The van der Waals surface area contributed by atoms with Crippen LogP contribution in [0.15, 0.2) is 37.4 Å². The molecule has 0 aliphatic heterocycles. The van der Waals surface area contributed by atoms with Crippen molar-refractivity contribution in [3.05, 3.63) is 60.2 Å². The summed E-state index contributed by atoms with van der Waals surface area (Å²) in [5, 5.41) is 7.31. The molecule has 13 nitrogen and oxygen atoms in total. The molecule has 0 atom stereocenters. The minimum Gasteiger partial charge on any atom is -0.449 e. The van der Waals surface area contributed by atoms with Crippen molar-refractivity contribution in [1.29, 1.82) is 0 Å². The molecule has 0 fully saturated rings. The number of carbonyl (C=O) groups excluding carboxylic acids is 6. The highest BCUT2D eigenvalue weighted by molar-refractivity contribution is 5.98. The van der Waals surface area contributed by atoms with Gasteiger partial charge in [-0.05, 0) is 6.07 Å². The average Bonchev–Trinajstić information content (AvgIpc) is 3.56. The predicted molar refractivity (Wildman–Crippen MR) is 101 cm³/mol. The lowest BCUT2D eigenvalue weighted by atomic mass is 9.63. The maximum absolute atomic E-state index is 15.5. The second kappa shape index (κ2) is 8.97. The van der Waals surface area contributed by atoms with Crippen molar-refractivity contribution in [2.24, 2.45) is 0 Å². The van der Waals surface area contributed by atoms with Crippen molar-refractivity contribution < 1.29 is 42.3 Å². The second-order valence-corrected chi connectivity index (χ2v) is 6.67. The van der Waals surface area contributed by atoms with E-state index in [0.29, 0.717) is 15.4 Å². The highest BCUT2D eigenvalue weighted by Gasteiger charge is 2.72. The third kappa shape index (κ3) is 2.97. The molecule has 15 heteroatoms. The Morgan fingerprint density at radius 3 is 1.65 bits per heavy atom. The van der Waals surface area contributed by atoms with Crippen molar-refractivity contribution in [2.45, 2.75) is 16.7 Å². The van der Waals surface area contributed by atoms with Gasteiger partial charge in [0.15, 0.2) is 31.4 Å². The van der Waals surface area contributed by atoms with Crippen molar-refractivity contribution in [3.63, 3.8) is 0 Å². The van der Waals surface area contributed by atoms with E-state index >= 15 is 4.39 Å². The van der Waals surface area contributed by atoms with Gasteiger partial charge in [0, 0.05) is 17.2 Å². The fourth-order valence-electron chi connectivity index (χ4n) is 3.82. The van der Waals surface area contributed by atoms with Crippen LogP contribution in [0, 0.1) is 11.6 Å². The first kappa shape index (κ1) is 23.8. The Bertz CT molecular complexity index is 1170. The number of aldehydes is 5. The fraction of sp³-hybridized carbons (Fsp3) is 0.158. The summed E-state index contributed by atoms with van der Waals surface area (Å²) in [6.07, 6.45) is 2.21. The van der Waals surface area contributed by atoms with Crippen LogP contribution < -0.4 is 0 Å². The fourth-order valence-corrected chi connectivity index (χ4v) is 3.82. The molecule has 0 unspecified atom stereocenters. The van der Waals surface area contributed by atoms with Gasteiger partial charge in [-0.1, -0.05) is 0 Å². The Morgan fingerprint density at radius 1 is 0.794 bits per heavy atom. The van der Waals surface area contributed by atoms with Crippen LogP contribution in [0.5, 0.6) is 0 Å². The molecule has 0 N–H and O–H groups in total. The van der Waals surface area contributed by atoms with Gasteiger partial charge in [0.05, 0.1) is 0 Å². The van der Waals surface area contributed by atoms with E-state index in [1.165, 1.54) is 0 Å². The molecule has 0 bridgehead atoms. The van der Waals surface area contributed by atoms with E-state index in [1.807, 2.05) is 0 Å². The van der Waals surface area contributed by atoms with Crippen LogP contribution in [-0.2, 0) is 45.4 Å². The molecule has 0 saturated heterocycles. The molecule has 3 rings (SSSR count). The lowest BCUT2D eigenvalue weighted by molar-refractivity contribution is -0.191. The summed E-state index contributed by atoms with van der Waals surface area (Å²) in [6, 6.07) is 0.687. The highest BCUT2D eigenvalue weighted by Crippen LogP contribution is 2.51. The topological polar surface area (TPSA) is 173 Å². The van der Waals surface area contributed by atoms with Crippen LogP contribution in [-0.4, -0.2) is 67.4 Å². The summed E-state index contributed by atoms with van der Waals surface area (Å²) >= 11 is 0. The summed E-state index contributed by atoms with van der Waals surface area (Å²) < 4.78 is 35.5. The number of benzene rings is 1. The zero-order valence-corrected chi connectivity index (χ0v) is 16.7. The summed E-state index contributed by atoms with van der Waals surface area (Å²) in [6.45, 7) is -0.408. The van der Waals surface area contributed by atoms with E-state index in [2.05, 4.69) is 20.2 Å². The van der Waals surface area contributed by atoms with E-state index in [-0.39, 0.29) is 37.5 Å². The van der Waals surface area contributed by atoms with Crippen LogP contribution >= 0.6 is 0 Å². The Kier molecular flexibility index (Phi) is 6.29. The van der Waals surface area contributed by atoms with Crippen LogP contribution in [0.2, 0.25) is 0 Å². The largest absolute Gasteiger partial charge is 0.449 e. The molecule has 0 radical (unpaired) electrons. The quantitative estimate of drug-likeness (QED) is 0.231.